The molecule has 0 aliphatic carbocycles. The second-order valence-electron chi connectivity index (χ2n) is 8.32. The van der Waals surface area contributed by atoms with Gasteiger partial charge in [0.15, 0.2) is 6.67 Å². The first-order chi connectivity index (χ1) is 14.4. The minimum absolute atomic E-state index is 0.808. The highest BCUT2D eigenvalue weighted by Gasteiger charge is 2.17. The largest absolute Gasteiger partial charge is 0.726 e. The molecule has 1 aliphatic heterocycles. The Kier molecular flexibility index (Phi) is 19.9. The van der Waals surface area contributed by atoms with Crippen LogP contribution in [0.25, 0.3) is 0 Å². The number of nitrogens with zero attached hydrogens (tertiary/aromatic N) is 1. The molecule has 0 spiro atoms. The number of allylic oxidation sites excluding steroid dienone is 1. The molecule has 1 atom stereocenters. The minimum atomic E-state index is -4.41. The van der Waals surface area contributed by atoms with Crippen molar-refractivity contribution >= 4 is 10.4 Å². The van der Waals surface area contributed by atoms with Crippen LogP contribution in [0.15, 0.2) is 12.3 Å². The third kappa shape index (κ3) is 20.6. The number of rotatable bonds is 17. The first kappa shape index (κ1) is 29.4. The molecule has 0 bridgehead atoms. The van der Waals surface area contributed by atoms with Crippen LogP contribution in [0.2, 0.25) is 0 Å². The van der Waals surface area contributed by atoms with Gasteiger partial charge in [0, 0.05) is 6.20 Å². The maximum Gasteiger partial charge on any atom is 0.217 e. The highest BCUT2D eigenvalue weighted by Crippen LogP contribution is 2.13. The number of likely N-dealkylation sites (N-methyl/N-ethyl adjacent to an activating group) is 1. The van der Waals surface area contributed by atoms with Crippen molar-refractivity contribution in [3.8, 4) is 0 Å². The zero-order valence-electron chi connectivity index (χ0n) is 19.9. The predicted octanol–water partition coefficient (Wildman–Crippen LogP) is 4.25. The van der Waals surface area contributed by atoms with E-state index in [0.717, 1.165) is 7.11 Å². The molecule has 7 heteroatoms. The molecule has 180 valence electrons. The summed E-state index contributed by atoms with van der Waals surface area (Å²) in [5.74, 6) is 0. The van der Waals surface area contributed by atoms with Crippen LogP contribution in [-0.2, 0) is 14.6 Å². The Bertz CT molecular complexity index is 497. The molecule has 1 unspecified atom stereocenters. The van der Waals surface area contributed by atoms with Gasteiger partial charge in [-0.3, -0.25) is 4.18 Å². The van der Waals surface area contributed by atoms with Crippen molar-refractivity contribution in [3.63, 3.8) is 0 Å². The van der Waals surface area contributed by atoms with Crippen molar-refractivity contribution in [1.82, 2.24) is 4.90 Å². The molecule has 1 N–H and O–H groups in total. The van der Waals surface area contributed by atoms with Crippen LogP contribution < -0.4 is 4.90 Å². The summed E-state index contributed by atoms with van der Waals surface area (Å²) in [6.07, 6.45) is 24.8. The molecule has 1 aliphatic rings. The molecule has 0 radical (unpaired) electrons. The fourth-order valence-corrected chi connectivity index (χ4v) is 3.67. The quantitative estimate of drug-likeness (QED) is 0.204. The Hall–Kier alpha value is -0.630. The monoisotopic (exact) mass is 448 g/mol. The lowest BCUT2D eigenvalue weighted by Crippen LogP contribution is -3.10. The Labute approximate surface area is 187 Å². The van der Waals surface area contributed by atoms with Crippen molar-refractivity contribution in [2.24, 2.45) is 0 Å². The summed E-state index contributed by atoms with van der Waals surface area (Å²) in [5, 5.41) is 0. The number of unbranched alkanes of at least 4 members (excludes halogenated alkanes) is 13. The third-order valence-corrected chi connectivity index (χ3v) is 6.08. The summed E-state index contributed by atoms with van der Waals surface area (Å²) in [6.45, 7) is 9.63. The molecule has 0 aromatic carbocycles. The van der Waals surface area contributed by atoms with E-state index in [-0.39, 0.29) is 0 Å². The lowest BCUT2D eigenvalue weighted by atomic mass is 10.0. The van der Waals surface area contributed by atoms with Crippen molar-refractivity contribution in [3.05, 3.63) is 12.3 Å². The van der Waals surface area contributed by atoms with E-state index in [4.69, 9.17) is 0 Å². The molecule has 1 heterocycles. The van der Waals surface area contributed by atoms with Crippen LogP contribution >= 0.6 is 0 Å². The van der Waals surface area contributed by atoms with E-state index in [2.05, 4.69) is 35.2 Å². The molecule has 1 saturated heterocycles. The van der Waals surface area contributed by atoms with Gasteiger partial charge in [0.2, 0.25) is 10.4 Å². The topological polar surface area (TPSA) is 74.1 Å². The zero-order chi connectivity index (χ0) is 22.5. The zero-order valence-corrected chi connectivity index (χ0v) is 20.7. The molecule has 1 rings (SSSR count). The average molecular weight is 449 g/mol. The van der Waals surface area contributed by atoms with Crippen LogP contribution in [0.1, 0.15) is 104 Å². The smallest absolute Gasteiger partial charge is 0.217 e. The van der Waals surface area contributed by atoms with E-state index >= 15 is 0 Å². The van der Waals surface area contributed by atoms with Crippen LogP contribution in [0.4, 0.5) is 0 Å². The summed E-state index contributed by atoms with van der Waals surface area (Å²) in [5.41, 5.74) is 0. The molecule has 0 aromatic heterocycles. The summed E-state index contributed by atoms with van der Waals surface area (Å²) >= 11 is 0. The Morgan fingerprint density at radius 3 is 1.77 bits per heavy atom. The van der Waals surface area contributed by atoms with E-state index in [0.29, 0.717) is 0 Å². The summed E-state index contributed by atoms with van der Waals surface area (Å²) < 4.78 is 31.0. The fourth-order valence-electron chi connectivity index (χ4n) is 3.67. The standard InChI is InChI=1S/C22H44N2.CH4O4S/c1-3-5-6-7-8-9-10-11-12-13-14-15-16-17-18-19-24-21-20-23(4-2)22-24;1-5-6(2,3)4/h18-19H,3-17,20-22H2,1-2H3;1H3,(H,2,3,4). The highest BCUT2D eigenvalue weighted by molar-refractivity contribution is 7.80. The molecular weight excluding hydrogens is 400 g/mol. The van der Waals surface area contributed by atoms with Gasteiger partial charge in [0.25, 0.3) is 0 Å². The second-order valence-corrected chi connectivity index (χ2v) is 9.46. The fraction of sp³-hybridized carbons (Fsp3) is 0.913. The van der Waals surface area contributed by atoms with E-state index in [1.165, 1.54) is 116 Å². The lowest BCUT2D eigenvalue weighted by molar-refractivity contribution is -0.889. The average Bonchev–Trinajstić information content (AvgIpc) is 3.19. The summed E-state index contributed by atoms with van der Waals surface area (Å²) in [4.78, 5) is 4.21. The maximum atomic E-state index is 9.22. The molecule has 0 saturated carbocycles. The van der Waals surface area contributed by atoms with Crippen LogP contribution in [0.5, 0.6) is 0 Å². The van der Waals surface area contributed by atoms with Gasteiger partial charge in [-0.05, 0) is 19.8 Å². The molecular formula is C23H48N2O4S. The molecule has 1 fully saturated rings. The van der Waals surface area contributed by atoms with E-state index in [1.54, 1.807) is 4.90 Å². The van der Waals surface area contributed by atoms with Crippen molar-refractivity contribution < 1.29 is 22.1 Å². The van der Waals surface area contributed by atoms with E-state index in [1.807, 2.05) is 0 Å². The van der Waals surface area contributed by atoms with Gasteiger partial charge in [-0.25, -0.2) is 8.42 Å². The normalized spacial score (nSPS) is 16.8. The predicted molar refractivity (Wildman–Crippen MR) is 124 cm³/mol. The lowest BCUT2D eigenvalue weighted by Gasteiger charge is -2.11. The number of hydrogen-bond donors (Lipinski definition) is 1. The molecule has 30 heavy (non-hydrogen) atoms. The maximum absolute atomic E-state index is 9.22. The van der Waals surface area contributed by atoms with E-state index < -0.39 is 10.4 Å². The first-order valence-corrected chi connectivity index (χ1v) is 13.5. The molecule has 0 amide bonds. The van der Waals surface area contributed by atoms with E-state index in [9.17, 15) is 13.0 Å². The molecule has 6 nitrogen and oxygen atoms in total. The second kappa shape index (κ2) is 20.3. The molecule has 0 aromatic rings. The number of hydrogen-bond acceptors (Lipinski definition) is 5. The van der Waals surface area contributed by atoms with Crippen LogP contribution in [0.3, 0.4) is 0 Å². The van der Waals surface area contributed by atoms with Crippen molar-refractivity contribution in [2.45, 2.75) is 104 Å². The number of quaternary nitrogens is 1. The van der Waals surface area contributed by atoms with Gasteiger partial charge >= 0.3 is 0 Å². The van der Waals surface area contributed by atoms with Gasteiger partial charge in [-0.1, -0.05) is 90.0 Å². The highest BCUT2D eigenvalue weighted by atomic mass is 32.3. The summed E-state index contributed by atoms with van der Waals surface area (Å²) in [6, 6.07) is 0. The van der Waals surface area contributed by atoms with Crippen molar-refractivity contribution in [1.29, 1.82) is 0 Å². The van der Waals surface area contributed by atoms with Gasteiger partial charge in [-0.2, -0.15) is 0 Å². The first-order valence-electron chi connectivity index (χ1n) is 12.2. The Morgan fingerprint density at radius 2 is 1.37 bits per heavy atom. The van der Waals surface area contributed by atoms with Crippen LogP contribution in [-0.4, -0.2) is 51.3 Å². The Morgan fingerprint density at radius 1 is 0.900 bits per heavy atom. The SMILES string of the molecule is CCCCCCCCCCCCCCCC=CN1CC[NH+](CC)C1.COS(=O)(=O)[O-]. The summed E-state index contributed by atoms with van der Waals surface area (Å²) in [7, 11) is -3.60. The van der Waals surface area contributed by atoms with Crippen molar-refractivity contribution in [2.75, 3.05) is 33.4 Å². The van der Waals surface area contributed by atoms with Gasteiger partial charge in [0.05, 0.1) is 26.7 Å². The Balaban J connectivity index is 0.00000122. The van der Waals surface area contributed by atoms with Crippen LogP contribution in [0, 0.1) is 0 Å². The van der Waals surface area contributed by atoms with Gasteiger partial charge in [0.1, 0.15) is 0 Å². The van der Waals surface area contributed by atoms with Gasteiger partial charge in [-0.15, -0.1) is 0 Å². The number of nitrogens with one attached hydrogen (secondary N) is 1. The minimum Gasteiger partial charge on any atom is -0.726 e. The third-order valence-electron chi connectivity index (χ3n) is 5.67. The van der Waals surface area contributed by atoms with Gasteiger partial charge < -0.3 is 14.4 Å².